The number of hydrogen-bond acceptors (Lipinski definition) is 5. The number of esters is 1. The first-order chi connectivity index (χ1) is 9.02. The van der Waals surface area contributed by atoms with E-state index in [1.807, 2.05) is 13.0 Å². The van der Waals surface area contributed by atoms with Crippen molar-refractivity contribution in [3.05, 3.63) is 21.9 Å². The molecule has 0 spiro atoms. The fraction of sp³-hybridized carbons (Fsp3) is 0.538. The zero-order valence-electron chi connectivity index (χ0n) is 11.0. The summed E-state index contributed by atoms with van der Waals surface area (Å²) in [7, 11) is 1.38. The van der Waals surface area contributed by atoms with E-state index in [-0.39, 0.29) is 18.5 Å². The predicted octanol–water partition coefficient (Wildman–Crippen LogP) is 1.72. The Morgan fingerprint density at radius 2 is 2.37 bits per heavy atom. The summed E-state index contributed by atoms with van der Waals surface area (Å²) in [6, 6.07) is 3.72. The summed E-state index contributed by atoms with van der Waals surface area (Å²) in [5, 5.41) is 2.82. The molecule has 0 aliphatic carbocycles. The number of ether oxygens (including phenoxy) is 2. The van der Waals surface area contributed by atoms with Gasteiger partial charge < -0.3 is 14.8 Å². The largest absolute Gasteiger partial charge is 0.465 e. The Labute approximate surface area is 115 Å². The van der Waals surface area contributed by atoms with Gasteiger partial charge in [0, 0.05) is 4.88 Å². The van der Waals surface area contributed by atoms with Crippen LogP contribution in [0.5, 0.6) is 0 Å². The van der Waals surface area contributed by atoms with Crippen molar-refractivity contribution in [2.75, 3.05) is 13.7 Å². The van der Waals surface area contributed by atoms with E-state index in [2.05, 4.69) is 10.1 Å². The maximum atomic E-state index is 11.3. The summed E-state index contributed by atoms with van der Waals surface area (Å²) in [6.45, 7) is 2.02. The molecule has 1 saturated heterocycles. The van der Waals surface area contributed by atoms with Crippen molar-refractivity contribution in [3.8, 4) is 0 Å². The maximum absolute atomic E-state index is 11.3. The van der Waals surface area contributed by atoms with E-state index in [1.165, 1.54) is 18.4 Å². The third kappa shape index (κ3) is 3.54. The third-order valence-electron chi connectivity index (χ3n) is 3.05. The second-order valence-corrected chi connectivity index (χ2v) is 5.85. The molecule has 19 heavy (non-hydrogen) atoms. The van der Waals surface area contributed by atoms with Gasteiger partial charge in [-0.3, -0.25) is 4.79 Å². The number of methoxy groups -OCH3 is 1. The SMILES string of the molecule is COC(=O)c1ccc(CCCC2(C)NC(=O)CO2)s1. The highest BCUT2D eigenvalue weighted by Crippen LogP contribution is 2.23. The highest BCUT2D eigenvalue weighted by Gasteiger charge is 2.33. The molecule has 5 nitrogen and oxygen atoms in total. The number of hydrogen-bond donors (Lipinski definition) is 1. The lowest BCUT2D eigenvalue weighted by Gasteiger charge is -2.22. The van der Waals surface area contributed by atoms with Crippen LogP contribution in [0.4, 0.5) is 0 Å². The Hall–Kier alpha value is -1.40. The minimum absolute atomic E-state index is 0.0633. The molecule has 2 rings (SSSR count). The van der Waals surface area contributed by atoms with Crippen molar-refractivity contribution < 1.29 is 19.1 Å². The van der Waals surface area contributed by atoms with Crippen LogP contribution in [0.1, 0.15) is 34.3 Å². The second-order valence-electron chi connectivity index (χ2n) is 4.68. The number of carbonyl (C=O) groups excluding carboxylic acids is 2. The van der Waals surface area contributed by atoms with Crippen molar-refractivity contribution in [1.82, 2.24) is 5.32 Å². The van der Waals surface area contributed by atoms with Crippen LogP contribution in [-0.4, -0.2) is 31.3 Å². The Morgan fingerprint density at radius 3 is 3.00 bits per heavy atom. The normalized spacial score (nSPS) is 22.3. The highest BCUT2D eigenvalue weighted by molar-refractivity contribution is 7.13. The van der Waals surface area contributed by atoms with Crippen LogP contribution < -0.4 is 5.32 Å². The van der Waals surface area contributed by atoms with E-state index >= 15 is 0 Å². The molecule has 0 radical (unpaired) electrons. The van der Waals surface area contributed by atoms with Crippen molar-refractivity contribution in [2.24, 2.45) is 0 Å². The van der Waals surface area contributed by atoms with Gasteiger partial charge in [-0.15, -0.1) is 11.3 Å². The van der Waals surface area contributed by atoms with Crippen LogP contribution in [0, 0.1) is 0 Å². The van der Waals surface area contributed by atoms with E-state index in [0.29, 0.717) is 4.88 Å². The molecule has 1 aliphatic heterocycles. The summed E-state index contributed by atoms with van der Waals surface area (Å²) in [5.74, 6) is -0.360. The van der Waals surface area contributed by atoms with E-state index in [0.717, 1.165) is 24.1 Å². The first-order valence-corrected chi connectivity index (χ1v) is 6.96. The number of nitrogens with one attached hydrogen (secondary N) is 1. The van der Waals surface area contributed by atoms with Gasteiger partial charge in [0.1, 0.15) is 17.2 Å². The fourth-order valence-corrected chi connectivity index (χ4v) is 3.02. The molecule has 0 aromatic carbocycles. The lowest BCUT2D eigenvalue weighted by Crippen LogP contribution is -2.39. The minimum Gasteiger partial charge on any atom is -0.465 e. The highest BCUT2D eigenvalue weighted by atomic mass is 32.1. The summed E-state index contributed by atoms with van der Waals surface area (Å²) >= 11 is 1.44. The van der Waals surface area contributed by atoms with Crippen molar-refractivity contribution in [1.29, 1.82) is 0 Å². The molecule has 1 N–H and O–H groups in total. The Balaban J connectivity index is 1.81. The van der Waals surface area contributed by atoms with Gasteiger partial charge in [0.05, 0.1) is 7.11 Å². The average molecular weight is 283 g/mol. The quantitative estimate of drug-likeness (QED) is 0.836. The molecule has 0 saturated carbocycles. The molecular formula is C13H17NO4S. The molecule has 1 fully saturated rings. The van der Waals surface area contributed by atoms with Crippen molar-refractivity contribution >= 4 is 23.2 Å². The maximum Gasteiger partial charge on any atom is 0.348 e. The molecular weight excluding hydrogens is 266 g/mol. The van der Waals surface area contributed by atoms with Gasteiger partial charge in [-0.05, 0) is 38.3 Å². The molecule has 0 bridgehead atoms. The van der Waals surface area contributed by atoms with Crippen LogP contribution >= 0.6 is 11.3 Å². The predicted molar refractivity (Wildman–Crippen MR) is 71.1 cm³/mol. The van der Waals surface area contributed by atoms with E-state index in [4.69, 9.17) is 4.74 Å². The van der Waals surface area contributed by atoms with Gasteiger partial charge >= 0.3 is 5.97 Å². The van der Waals surface area contributed by atoms with Crippen LogP contribution in [0.25, 0.3) is 0 Å². The zero-order valence-corrected chi connectivity index (χ0v) is 11.8. The van der Waals surface area contributed by atoms with E-state index in [9.17, 15) is 9.59 Å². The van der Waals surface area contributed by atoms with Gasteiger partial charge in [0.25, 0.3) is 0 Å². The van der Waals surface area contributed by atoms with Gasteiger partial charge in [0.15, 0.2) is 0 Å². The zero-order chi connectivity index (χ0) is 13.9. The van der Waals surface area contributed by atoms with Gasteiger partial charge in [-0.1, -0.05) is 0 Å². The lowest BCUT2D eigenvalue weighted by atomic mass is 10.1. The minimum atomic E-state index is -0.542. The summed E-state index contributed by atoms with van der Waals surface area (Å²) in [5.41, 5.74) is -0.542. The summed E-state index contributed by atoms with van der Waals surface area (Å²) in [6.07, 6.45) is 2.50. The number of thiophene rings is 1. The van der Waals surface area contributed by atoms with Crippen LogP contribution in [-0.2, 0) is 20.7 Å². The monoisotopic (exact) mass is 283 g/mol. The van der Waals surface area contributed by atoms with E-state index in [1.54, 1.807) is 6.07 Å². The topological polar surface area (TPSA) is 64.6 Å². The molecule has 1 aliphatic rings. The van der Waals surface area contributed by atoms with Crippen molar-refractivity contribution in [2.45, 2.75) is 31.9 Å². The summed E-state index contributed by atoms with van der Waals surface area (Å²) in [4.78, 5) is 24.2. The first kappa shape index (κ1) is 14.0. The Morgan fingerprint density at radius 1 is 1.58 bits per heavy atom. The standard InChI is InChI=1S/C13H17NO4S/c1-13(14-11(15)8-18-13)7-3-4-9-5-6-10(19-9)12(16)17-2/h5-6H,3-4,7-8H2,1-2H3,(H,14,15). The van der Waals surface area contributed by atoms with Crippen LogP contribution in [0.2, 0.25) is 0 Å². The number of aryl methyl sites for hydroxylation is 1. The van der Waals surface area contributed by atoms with Gasteiger partial charge in [-0.25, -0.2) is 4.79 Å². The average Bonchev–Trinajstić information content (AvgIpc) is 2.96. The van der Waals surface area contributed by atoms with Gasteiger partial charge in [-0.2, -0.15) is 0 Å². The molecule has 1 unspecified atom stereocenters. The molecule has 104 valence electrons. The van der Waals surface area contributed by atoms with Crippen LogP contribution in [0.3, 0.4) is 0 Å². The molecule has 1 amide bonds. The van der Waals surface area contributed by atoms with Crippen LogP contribution in [0.15, 0.2) is 12.1 Å². The second kappa shape index (κ2) is 5.71. The number of rotatable bonds is 5. The Bertz CT molecular complexity index is 485. The molecule has 1 aromatic heterocycles. The molecule has 2 heterocycles. The van der Waals surface area contributed by atoms with Gasteiger partial charge in [0.2, 0.25) is 5.91 Å². The molecule has 6 heteroatoms. The number of amides is 1. The lowest BCUT2D eigenvalue weighted by molar-refractivity contribution is -0.119. The smallest absolute Gasteiger partial charge is 0.348 e. The molecule has 1 aromatic rings. The Kier molecular flexibility index (Phi) is 4.21. The van der Waals surface area contributed by atoms with E-state index < -0.39 is 5.72 Å². The molecule has 1 atom stereocenters. The fourth-order valence-electron chi connectivity index (χ4n) is 2.05. The van der Waals surface area contributed by atoms with Crippen molar-refractivity contribution in [3.63, 3.8) is 0 Å². The number of carbonyl (C=O) groups is 2. The first-order valence-electron chi connectivity index (χ1n) is 6.14. The third-order valence-corrected chi connectivity index (χ3v) is 4.18. The summed E-state index contributed by atoms with van der Waals surface area (Å²) < 4.78 is 10.1.